The van der Waals surface area contributed by atoms with Crippen molar-refractivity contribution in [2.75, 3.05) is 13.2 Å². The molecule has 0 saturated carbocycles. The second-order valence-electron chi connectivity index (χ2n) is 5.70. The molecule has 0 aromatic heterocycles. The summed E-state index contributed by atoms with van der Waals surface area (Å²) in [4.78, 5) is 13.6. The number of ether oxygens (including phenoxy) is 1. The second-order valence-corrected chi connectivity index (χ2v) is 5.70. The van der Waals surface area contributed by atoms with Crippen LogP contribution in [0.5, 0.6) is 0 Å². The molecule has 2 unspecified atom stereocenters. The maximum atomic E-state index is 14.2. The number of carbonyl (C=O) groups excluding carboxylic acids is 1. The van der Waals surface area contributed by atoms with Crippen LogP contribution in [0, 0.1) is 5.82 Å². The molecule has 5 nitrogen and oxygen atoms in total. The lowest BCUT2D eigenvalue weighted by molar-refractivity contribution is -0.0777. The molecule has 2 fully saturated rings. The van der Waals surface area contributed by atoms with Gasteiger partial charge in [-0.15, -0.1) is 0 Å². The number of nitrogens with one attached hydrogen (secondary N) is 1. The van der Waals surface area contributed by atoms with Gasteiger partial charge in [0.1, 0.15) is 5.82 Å². The maximum Gasteiger partial charge on any atom is 0.274 e. The van der Waals surface area contributed by atoms with Gasteiger partial charge in [-0.3, -0.25) is 14.9 Å². The highest BCUT2D eigenvalue weighted by atomic mass is 19.1. The third kappa shape index (κ3) is 2.92. The van der Waals surface area contributed by atoms with Gasteiger partial charge in [-0.1, -0.05) is 12.5 Å². The van der Waals surface area contributed by atoms with Crippen molar-refractivity contribution in [2.45, 2.75) is 37.9 Å². The van der Waals surface area contributed by atoms with E-state index in [4.69, 9.17) is 9.94 Å². The molecule has 2 aliphatic heterocycles. The van der Waals surface area contributed by atoms with Gasteiger partial charge in [-0.25, -0.2) is 9.87 Å². The number of carbonyl (C=O) groups is 1. The average Bonchev–Trinajstić information content (AvgIpc) is 2.48. The first kappa shape index (κ1) is 14.4. The summed E-state index contributed by atoms with van der Waals surface area (Å²) < 4.78 is 19.7. The summed E-state index contributed by atoms with van der Waals surface area (Å²) in [6.07, 6.45) is 3.37. The number of nitrogens with zero attached hydrogens (tertiary/aromatic N) is 1. The lowest BCUT2D eigenvalue weighted by Gasteiger charge is -2.45. The Balaban J connectivity index is 1.77. The average molecular weight is 294 g/mol. The van der Waals surface area contributed by atoms with Gasteiger partial charge in [-0.2, -0.15) is 0 Å². The molecule has 114 valence electrons. The summed E-state index contributed by atoms with van der Waals surface area (Å²) in [5, 5.41) is 8.57. The monoisotopic (exact) mass is 294 g/mol. The van der Waals surface area contributed by atoms with Gasteiger partial charge >= 0.3 is 0 Å². The van der Waals surface area contributed by atoms with Gasteiger partial charge in [0.25, 0.3) is 5.91 Å². The SMILES string of the molecule is O=C(NO)c1ccc(CN2C3CCCC2COC3)c(F)c1. The first-order valence-corrected chi connectivity index (χ1v) is 7.25. The summed E-state index contributed by atoms with van der Waals surface area (Å²) >= 11 is 0. The topological polar surface area (TPSA) is 61.8 Å². The fourth-order valence-electron chi connectivity index (χ4n) is 3.25. The largest absolute Gasteiger partial charge is 0.378 e. The third-order valence-corrected chi connectivity index (χ3v) is 4.40. The highest BCUT2D eigenvalue weighted by molar-refractivity contribution is 5.93. The van der Waals surface area contributed by atoms with E-state index in [0.29, 0.717) is 37.4 Å². The second kappa shape index (κ2) is 6.09. The Morgan fingerprint density at radius 1 is 1.38 bits per heavy atom. The van der Waals surface area contributed by atoms with E-state index >= 15 is 0 Å². The number of hydrogen-bond acceptors (Lipinski definition) is 4. The van der Waals surface area contributed by atoms with Gasteiger partial charge in [0.2, 0.25) is 0 Å². The number of hydrogen-bond donors (Lipinski definition) is 2. The van der Waals surface area contributed by atoms with Crippen molar-refractivity contribution in [1.29, 1.82) is 0 Å². The summed E-state index contributed by atoms with van der Waals surface area (Å²) in [5.41, 5.74) is 2.19. The molecule has 0 spiro atoms. The molecule has 1 aromatic carbocycles. The molecule has 1 aromatic rings. The van der Waals surface area contributed by atoms with E-state index in [9.17, 15) is 9.18 Å². The van der Waals surface area contributed by atoms with Crippen LogP contribution in [0.4, 0.5) is 4.39 Å². The van der Waals surface area contributed by atoms with E-state index in [1.54, 1.807) is 6.07 Å². The number of piperidine rings is 1. The van der Waals surface area contributed by atoms with Crippen LogP contribution in [0.25, 0.3) is 0 Å². The zero-order chi connectivity index (χ0) is 14.8. The molecule has 2 heterocycles. The normalized spacial score (nSPS) is 25.6. The Hall–Kier alpha value is -1.50. The summed E-state index contributed by atoms with van der Waals surface area (Å²) in [6.45, 7) is 1.96. The minimum Gasteiger partial charge on any atom is -0.378 e. The molecule has 21 heavy (non-hydrogen) atoms. The van der Waals surface area contributed by atoms with Crippen LogP contribution in [-0.4, -0.2) is 41.3 Å². The molecule has 0 aliphatic carbocycles. The Labute approximate surface area is 122 Å². The zero-order valence-electron chi connectivity index (χ0n) is 11.7. The van der Waals surface area contributed by atoms with Crippen molar-refractivity contribution in [3.05, 3.63) is 35.1 Å². The van der Waals surface area contributed by atoms with Crippen molar-refractivity contribution < 1.29 is 19.1 Å². The van der Waals surface area contributed by atoms with Crippen molar-refractivity contribution in [3.8, 4) is 0 Å². The van der Waals surface area contributed by atoms with Crippen LogP contribution in [0.3, 0.4) is 0 Å². The van der Waals surface area contributed by atoms with E-state index < -0.39 is 11.7 Å². The first-order valence-electron chi connectivity index (χ1n) is 7.25. The fourth-order valence-corrected chi connectivity index (χ4v) is 3.25. The summed E-state index contributed by atoms with van der Waals surface area (Å²) in [7, 11) is 0. The lowest BCUT2D eigenvalue weighted by Crippen LogP contribution is -2.54. The Kier molecular flexibility index (Phi) is 4.19. The standard InChI is InChI=1S/C15H19FN2O3/c16-14-6-10(15(19)17-20)4-5-11(14)7-18-12-2-1-3-13(18)9-21-8-12/h4-6,12-13,20H,1-3,7-9H2,(H,17,19). The smallest absolute Gasteiger partial charge is 0.274 e. The van der Waals surface area contributed by atoms with Gasteiger partial charge in [-0.05, 0) is 25.0 Å². The number of fused-ring (bicyclic) bond motifs is 2. The first-order chi connectivity index (χ1) is 10.2. The Morgan fingerprint density at radius 3 is 2.71 bits per heavy atom. The highest BCUT2D eigenvalue weighted by Crippen LogP contribution is 2.29. The van der Waals surface area contributed by atoms with Crippen molar-refractivity contribution >= 4 is 5.91 Å². The summed E-state index contributed by atoms with van der Waals surface area (Å²) in [5.74, 6) is -1.12. The maximum absolute atomic E-state index is 14.2. The Bertz CT molecular complexity index is 516. The van der Waals surface area contributed by atoms with Crippen molar-refractivity contribution in [3.63, 3.8) is 0 Å². The van der Waals surface area contributed by atoms with Gasteiger partial charge in [0.15, 0.2) is 0 Å². The molecule has 2 N–H and O–H groups in total. The van der Waals surface area contributed by atoms with Gasteiger partial charge in [0, 0.05) is 29.8 Å². The molecule has 1 amide bonds. The van der Waals surface area contributed by atoms with Crippen molar-refractivity contribution in [2.24, 2.45) is 0 Å². The van der Waals surface area contributed by atoms with Crippen LogP contribution in [0.1, 0.15) is 35.2 Å². The fraction of sp³-hybridized carbons (Fsp3) is 0.533. The number of amides is 1. The Morgan fingerprint density at radius 2 is 2.10 bits per heavy atom. The van der Waals surface area contributed by atoms with E-state index in [0.717, 1.165) is 18.9 Å². The van der Waals surface area contributed by atoms with E-state index in [1.807, 2.05) is 0 Å². The molecule has 2 atom stereocenters. The predicted molar refractivity (Wildman–Crippen MR) is 73.4 cm³/mol. The molecule has 2 saturated heterocycles. The number of rotatable bonds is 3. The minimum absolute atomic E-state index is 0.112. The molecule has 2 aliphatic rings. The third-order valence-electron chi connectivity index (χ3n) is 4.40. The van der Waals surface area contributed by atoms with Crippen molar-refractivity contribution in [1.82, 2.24) is 10.4 Å². The van der Waals surface area contributed by atoms with Crippen LogP contribution in [0.15, 0.2) is 18.2 Å². The molecule has 2 bridgehead atoms. The van der Waals surface area contributed by atoms with E-state index in [2.05, 4.69) is 4.90 Å². The minimum atomic E-state index is -0.705. The number of halogens is 1. The predicted octanol–water partition coefficient (Wildman–Crippen LogP) is 1.70. The molecule has 6 heteroatoms. The number of benzene rings is 1. The molecular formula is C15H19FN2O3. The molecule has 3 rings (SSSR count). The quantitative estimate of drug-likeness (QED) is 0.658. The number of morpholine rings is 1. The van der Waals surface area contributed by atoms with Gasteiger partial charge < -0.3 is 4.74 Å². The van der Waals surface area contributed by atoms with Gasteiger partial charge in [0.05, 0.1) is 13.2 Å². The van der Waals surface area contributed by atoms with Crippen LogP contribution in [-0.2, 0) is 11.3 Å². The lowest BCUT2D eigenvalue weighted by atomic mass is 9.93. The van der Waals surface area contributed by atoms with Crippen LogP contribution < -0.4 is 5.48 Å². The number of hydroxylamine groups is 1. The van der Waals surface area contributed by atoms with E-state index in [-0.39, 0.29) is 5.56 Å². The molecule has 0 radical (unpaired) electrons. The summed E-state index contributed by atoms with van der Waals surface area (Å²) in [6, 6.07) is 5.03. The highest BCUT2D eigenvalue weighted by Gasteiger charge is 2.34. The van der Waals surface area contributed by atoms with Crippen LogP contribution >= 0.6 is 0 Å². The zero-order valence-corrected chi connectivity index (χ0v) is 11.7. The van der Waals surface area contributed by atoms with E-state index in [1.165, 1.54) is 18.0 Å². The molecular weight excluding hydrogens is 275 g/mol. The van der Waals surface area contributed by atoms with Crippen LogP contribution in [0.2, 0.25) is 0 Å².